The molecule has 2 aromatic rings. The van der Waals surface area contributed by atoms with Crippen molar-refractivity contribution in [1.82, 2.24) is 0 Å². The number of carbonyl (C=O) groups is 2. The lowest BCUT2D eigenvalue weighted by molar-refractivity contribution is -0.114. The van der Waals surface area contributed by atoms with Crippen molar-refractivity contribution in [3.8, 4) is 0 Å². The van der Waals surface area contributed by atoms with Crippen LogP contribution in [0.3, 0.4) is 0 Å². The van der Waals surface area contributed by atoms with Gasteiger partial charge in [0, 0.05) is 23.3 Å². The third-order valence-corrected chi connectivity index (χ3v) is 2.87. The highest BCUT2D eigenvalue weighted by Crippen LogP contribution is 2.18. The average Bonchev–Trinajstić information content (AvgIpc) is 2.40. The summed E-state index contributed by atoms with van der Waals surface area (Å²) < 4.78 is 13.6. The molecule has 0 atom stereocenters. The number of nitrogens with one attached hydrogen (secondary N) is 2. The summed E-state index contributed by atoms with van der Waals surface area (Å²) in [5, 5.41) is 5.40. The zero-order valence-electron chi connectivity index (χ0n) is 11.1. The summed E-state index contributed by atoms with van der Waals surface area (Å²) in [6.07, 6.45) is 0. The van der Waals surface area contributed by atoms with Crippen molar-refractivity contribution in [2.75, 3.05) is 10.6 Å². The molecule has 2 N–H and O–H groups in total. The van der Waals surface area contributed by atoms with Crippen LogP contribution >= 0.6 is 11.6 Å². The van der Waals surface area contributed by atoms with Crippen LogP contribution in [-0.4, -0.2) is 11.8 Å². The predicted octanol–water partition coefficient (Wildman–Crippen LogP) is 3.69. The number of anilines is 2. The third-order valence-electron chi connectivity index (χ3n) is 2.64. The van der Waals surface area contributed by atoms with Crippen molar-refractivity contribution in [3.05, 3.63) is 58.9 Å². The molecule has 0 heterocycles. The van der Waals surface area contributed by atoms with Crippen LogP contribution in [0.4, 0.5) is 15.8 Å². The van der Waals surface area contributed by atoms with Crippen molar-refractivity contribution in [3.63, 3.8) is 0 Å². The Morgan fingerprint density at radius 2 is 1.57 bits per heavy atom. The second kappa shape index (κ2) is 6.37. The maximum Gasteiger partial charge on any atom is 0.258 e. The molecule has 0 aliphatic carbocycles. The fraction of sp³-hybridized carbons (Fsp3) is 0.0667. The molecular weight excluding hydrogens is 295 g/mol. The number of amides is 2. The molecule has 0 spiro atoms. The van der Waals surface area contributed by atoms with Gasteiger partial charge in [-0.3, -0.25) is 9.59 Å². The SMILES string of the molecule is CC(=O)Nc1ccc(NC(=O)c2ccc(Cl)cc2F)cc1. The lowest BCUT2D eigenvalue weighted by atomic mass is 10.2. The van der Waals surface area contributed by atoms with Gasteiger partial charge in [0.25, 0.3) is 5.91 Å². The maximum absolute atomic E-state index is 13.6. The Bertz CT molecular complexity index is 687. The van der Waals surface area contributed by atoms with Gasteiger partial charge in [0.1, 0.15) is 5.82 Å². The number of halogens is 2. The summed E-state index contributed by atoms with van der Waals surface area (Å²) in [7, 11) is 0. The van der Waals surface area contributed by atoms with Gasteiger partial charge in [0.2, 0.25) is 5.91 Å². The van der Waals surface area contributed by atoms with Gasteiger partial charge in [-0.1, -0.05) is 11.6 Å². The molecule has 0 aliphatic heterocycles. The zero-order chi connectivity index (χ0) is 15.4. The fourth-order valence-electron chi connectivity index (χ4n) is 1.71. The predicted molar refractivity (Wildman–Crippen MR) is 80.1 cm³/mol. The summed E-state index contributed by atoms with van der Waals surface area (Å²) in [5.74, 6) is -1.44. The summed E-state index contributed by atoms with van der Waals surface area (Å²) in [6, 6.07) is 10.3. The molecule has 2 aromatic carbocycles. The van der Waals surface area contributed by atoms with Gasteiger partial charge in [-0.25, -0.2) is 4.39 Å². The molecule has 0 bridgehead atoms. The Morgan fingerprint density at radius 3 is 2.10 bits per heavy atom. The molecule has 0 fully saturated rings. The van der Waals surface area contributed by atoms with E-state index in [1.807, 2.05) is 0 Å². The third kappa shape index (κ3) is 4.03. The van der Waals surface area contributed by atoms with E-state index in [0.717, 1.165) is 6.07 Å². The molecule has 0 aliphatic rings. The van der Waals surface area contributed by atoms with E-state index in [1.165, 1.54) is 19.1 Å². The van der Waals surface area contributed by atoms with Gasteiger partial charge in [-0.2, -0.15) is 0 Å². The van der Waals surface area contributed by atoms with Gasteiger partial charge in [-0.05, 0) is 42.5 Å². The van der Waals surface area contributed by atoms with E-state index in [4.69, 9.17) is 11.6 Å². The Hall–Kier alpha value is -2.40. The topological polar surface area (TPSA) is 58.2 Å². The van der Waals surface area contributed by atoms with Crippen LogP contribution in [0.25, 0.3) is 0 Å². The quantitative estimate of drug-likeness (QED) is 0.908. The minimum Gasteiger partial charge on any atom is -0.326 e. The molecule has 0 saturated heterocycles. The number of benzene rings is 2. The van der Waals surface area contributed by atoms with Gasteiger partial charge in [-0.15, -0.1) is 0 Å². The Kier molecular flexibility index (Phi) is 4.55. The summed E-state index contributed by atoms with van der Waals surface area (Å²) >= 11 is 5.63. The Morgan fingerprint density at radius 1 is 1.00 bits per heavy atom. The molecular formula is C15H12ClFN2O2. The van der Waals surface area contributed by atoms with Crippen LogP contribution in [0.15, 0.2) is 42.5 Å². The van der Waals surface area contributed by atoms with E-state index < -0.39 is 11.7 Å². The van der Waals surface area contributed by atoms with Gasteiger partial charge >= 0.3 is 0 Å². The van der Waals surface area contributed by atoms with Crippen molar-refractivity contribution in [2.24, 2.45) is 0 Å². The maximum atomic E-state index is 13.6. The number of rotatable bonds is 3. The van der Waals surface area contributed by atoms with E-state index >= 15 is 0 Å². The fourth-order valence-corrected chi connectivity index (χ4v) is 1.87. The first-order valence-electron chi connectivity index (χ1n) is 6.10. The van der Waals surface area contributed by atoms with Gasteiger partial charge < -0.3 is 10.6 Å². The highest BCUT2D eigenvalue weighted by molar-refractivity contribution is 6.30. The molecule has 2 amide bonds. The smallest absolute Gasteiger partial charge is 0.258 e. The molecule has 0 saturated carbocycles. The number of hydrogen-bond acceptors (Lipinski definition) is 2. The van der Waals surface area contributed by atoms with Crippen molar-refractivity contribution >= 4 is 34.8 Å². The van der Waals surface area contributed by atoms with E-state index in [9.17, 15) is 14.0 Å². The van der Waals surface area contributed by atoms with Crippen LogP contribution in [0, 0.1) is 5.82 Å². The second-order valence-electron chi connectivity index (χ2n) is 4.34. The average molecular weight is 307 g/mol. The van der Waals surface area contributed by atoms with Crippen LogP contribution in [0.1, 0.15) is 17.3 Å². The molecule has 0 unspecified atom stereocenters. The standard InChI is InChI=1S/C15H12ClFN2O2/c1-9(20)18-11-3-5-12(6-4-11)19-15(21)13-7-2-10(16)8-14(13)17/h2-8H,1H3,(H,18,20)(H,19,21). The molecule has 4 nitrogen and oxygen atoms in total. The normalized spacial score (nSPS) is 10.0. The second-order valence-corrected chi connectivity index (χ2v) is 4.77. The minimum atomic E-state index is -0.685. The zero-order valence-corrected chi connectivity index (χ0v) is 11.9. The highest BCUT2D eigenvalue weighted by Gasteiger charge is 2.12. The molecule has 6 heteroatoms. The van der Waals surface area contributed by atoms with Gasteiger partial charge in [0.15, 0.2) is 0 Å². The van der Waals surface area contributed by atoms with E-state index in [0.29, 0.717) is 11.4 Å². The lowest BCUT2D eigenvalue weighted by Gasteiger charge is -2.08. The Labute approximate surface area is 125 Å². The van der Waals surface area contributed by atoms with Crippen LogP contribution in [0.2, 0.25) is 5.02 Å². The van der Waals surface area contributed by atoms with Crippen LogP contribution in [-0.2, 0) is 4.79 Å². The first-order chi connectivity index (χ1) is 9.95. The van der Waals surface area contributed by atoms with Crippen LogP contribution in [0.5, 0.6) is 0 Å². The molecule has 0 aromatic heterocycles. The van der Waals surface area contributed by atoms with E-state index in [2.05, 4.69) is 10.6 Å². The number of carbonyl (C=O) groups excluding carboxylic acids is 2. The molecule has 21 heavy (non-hydrogen) atoms. The first-order valence-corrected chi connectivity index (χ1v) is 6.47. The summed E-state index contributed by atoms with van der Waals surface area (Å²) in [4.78, 5) is 22.8. The van der Waals surface area contributed by atoms with Crippen LogP contribution < -0.4 is 10.6 Å². The largest absolute Gasteiger partial charge is 0.326 e. The number of hydrogen-bond donors (Lipinski definition) is 2. The molecule has 0 radical (unpaired) electrons. The Balaban J connectivity index is 2.10. The molecule has 108 valence electrons. The lowest BCUT2D eigenvalue weighted by Crippen LogP contribution is -2.13. The minimum absolute atomic E-state index is 0.0923. The van der Waals surface area contributed by atoms with E-state index in [1.54, 1.807) is 24.3 Å². The van der Waals surface area contributed by atoms with Crippen molar-refractivity contribution in [2.45, 2.75) is 6.92 Å². The monoisotopic (exact) mass is 306 g/mol. The first kappa shape index (κ1) is 15.0. The van der Waals surface area contributed by atoms with E-state index in [-0.39, 0.29) is 16.5 Å². The summed E-state index contributed by atoms with van der Waals surface area (Å²) in [6.45, 7) is 1.40. The molecule has 2 rings (SSSR count). The van der Waals surface area contributed by atoms with Crippen molar-refractivity contribution < 1.29 is 14.0 Å². The van der Waals surface area contributed by atoms with Crippen molar-refractivity contribution in [1.29, 1.82) is 0 Å². The van der Waals surface area contributed by atoms with Gasteiger partial charge in [0.05, 0.1) is 5.56 Å². The summed E-state index contributed by atoms with van der Waals surface area (Å²) in [5.41, 5.74) is 1.01. The highest BCUT2D eigenvalue weighted by atomic mass is 35.5.